The van der Waals surface area contributed by atoms with E-state index in [1.807, 2.05) is 24.4 Å². The van der Waals surface area contributed by atoms with Crippen LogP contribution in [0.3, 0.4) is 0 Å². The average molecular weight is 386 g/mol. The summed E-state index contributed by atoms with van der Waals surface area (Å²) in [5.74, 6) is 0.405. The molecule has 1 aromatic heterocycles. The molecule has 5 rings (SSSR count). The van der Waals surface area contributed by atoms with Crippen LogP contribution in [0.1, 0.15) is 55.2 Å². The van der Waals surface area contributed by atoms with Crippen LogP contribution in [0.15, 0.2) is 79.1 Å². The summed E-state index contributed by atoms with van der Waals surface area (Å²) < 4.78 is 2.09. The standard InChI is InChI=1S/C25H27N3O/c29-25(18-24(19-8-3-1-4-9-19)20-10-5-2-6-11-20)28-21-12-13-22(28)17-23(16-21)27-15-7-14-26-27/h1-11,14-15,21-24H,12-13,16-18H2. The van der Waals surface area contributed by atoms with Crippen LogP contribution in [0.4, 0.5) is 0 Å². The molecule has 2 aliphatic heterocycles. The summed E-state index contributed by atoms with van der Waals surface area (Å²) in [5.41, 5.74) is 2.43. The normalized spacial score (nSPS) is 23.5. The van der Waals surface area contributed by atoms with Gasteiger partial charge in [0, 0.05) is 36.8 Å². The lowest BCUT2D eigenvalue weighted by molar-refractivity contribution is -0.136. The molecule has 2 atom stereocenters. The van der Waals surface area contributed by atoms with Crippen LogP contribution in [0.5, 0.6) is 0 Å². The second kappa shape index (κ2) is 7.86. The maximum atomic E-state index is 13.5. The molecule has 148 valence electrons. The number of amides is 1. The third-order valence-corrected chi connectivity index (χ3v) is 6.68. The second-order valence-corrected chi connectivity index (χ2v) is 8.38. The Balaban J connectivity index is 1.36. The predicted molar refractivity (Wildman–Crippen MR) is 113 cm³/mol. The molecule has 0 spiro atoms. The summed E-state index contributed by atoms with van der Waals surface area (Å²) in [6.45, 7) is 0. The number of benzene rings is 2. The lowest BCUT2D eigenvalue weighted by atomic mass is 9.87. The van der Waals surface area contributed by atoms with E-state index >= 15 is 0 Å². The van der Waals surface area contributed by atoms with Crippen LogP contribution in [-0.4, -0.2) is 32.7 Å². The second-order valence-electron chi connectivity index (χ2n) is 8.38. The van der Waals surface area contributed by atoms with Gasteiger partial charge in [-0.05, 0) is 42.9 Å². The van der Waals surface area contributed by atoms with Crippen molar-refractivity contribution in [3.05, 3.63) is 90.3 Å². The highest BCUT2D eigenvalue weighted by Gasteiger charge is 2.44. The quantitative estimate of drug-likeness (QED) is 0.633. The van der Waals surface area contributed by atoms with Gasteiger partial charge in [0.25, 0.3) is 0 Å². The predicted octanol–water partition coefficient (Wildman–Crippen LogP) is 4.80. The molecule has 2 unspecified atom stereocenters. The van der Waals surface area contributed by atoms with Gasteiger partial charge < -0.3 is 4.90 Å². The molecule has 3 heterocycles. The third kappa shape index (κ3) is 3.59. The van der Waals surface area contributed by atoms with Crippen LogP contribution in [0.2, 0.25) is 0 Å². The van der Waals surface area contributed by atoms with Gasteiger partial charge in [-0.15, -0.1) is 0 Å². The first-order valence-corrected chi connectivity index (χ1v) is 10.7. The van der Waals surface area contributed by atoms with Gasteiger partial charge in [0.05, 0.1) is 6.04 Å². The molecular formula is C25H27N3O. The van der Waals surface area contributed by atoms with Crippen molar-refractivity contribution in [3.63, 3.8) is 0 Å². The number of nitrogens with zero attached hydrogens (tertiary/aromatic N) is 3. The Kier molecular flexibility index (Phi) is 4.92. The lowest BCUT2D eigenvalue weighted by Gasteiger charge is -2.39. The van der Waals surface area contributed by atoms with Gasteiger partial charge in [0.2, 0.25) is 5.91 Å². The number of rotatable bonds is 5. The van der Waals surface area contributed by atoms with Crippen LogP contribution >= 0.6 is 0 Å². The number of aromatic nitrogens is 2. The van der Waals surface area contributed by atoms with Crippen LogP contribution in [0, 0.1) is 0 Å². The Morgan fingerprint density at radius 1 is 0.862 bits per heavy atom. The molecular weight excluding hydrogens is 358 g/mol. The molecule has 4 heteroatoms. The van der Waals surface area contributed by atoms with Crippen molar-refractivity contribution < 1.29 is 4.79 Å². The van der Waals surface area contributed by atoms with Gasteiger partial charge in [-0.3, -0.25) is 9.48 Å². The molecule has 2 aromatic carbocycles. The number of carbonyl (C=O) groups is 1. The number of piperidine rings is 1. The molecule has 2 fully saturated rings. The first kappa shape index (κ1) is 18.2. The molecule has 4 nitrogen and oxygen atoms in total. The summed E-state index contributed by atoms with van der Waals surface area (Å²) in [6.07, 6.45) is 8.72. The monoisotopic (exact) mass is 385 g/mol. The fourth-order valence-electron chi connectivity index (χ4n) is 5.35. The SMILES string of the molecule is O=C(CC(c1ccccc1)c1ccccc1)N1C2CCC1CC(n1cccn1)C2. The number of hydrogen-bond acceptors (Lipinski definition) is 2. The van der Waals surface area contributed by atoms with Crippen molar-refractivity contribution in [1.82, 2.24) is 14.7 Å². The van der Waals surface area contributed by atoms with Crippen LogP contribution in [0.25, 0.3) is 0 Å². The Morgan fingerprint density at radius 2 is 1.45 bits per heavy atom. The highest BCUT2D eigenvalue weighted by atomic mass is 16.2. The van der Waals surface area contributed by atoms with E-state index in [1.165, 1.54) is 11.1 Å². The molecule has 3 aromatic rings. The van der Waals surface area contributed by atoms with Crippen molar-refractivity contribution in [1.29, 1.82) is 0 Å². The van der Waals surface area contributed by atoms with E-state index in [9.17, 15) is 4.79 Å². The van der Waals surface area contributed by atoms with E-state index in [4.69, 9.17) is 0 Å². The third-order valence-electron chi connectivity index (χ3n) is 6.68. The average Bonchev–Trinajstić information content (AvgIpc) is 3.40. The molecule has 2 saturated heterocycles. The first-order valence-electron chi connectivity index (χ1n) is 10.7. The molecule has 1 amide bonds. The zero-order valence-corrected chi connectivity index (χ0v) is 16.6. The summed E-state index contributed by atoms with van der Waals surface area (Å²) in [4.78, 5) is 15.7. The maximum Gasteiger partial charge on any atom is 0.224 e. The van der Waals surface area contributed by atoms with Gasteiger partial charge in [-0.25, -0.2) is 0 Å². The Hall–Kier alpha value is -2.88. The minimum Gasteiger partial charge on any atom is -0.337 e. The molecule has 0 saturated carbocycles. The zero-order chi connectivity index (χ0) is 19.6. The number of carbonyl (C=O) groups excluding carboxylic acids is 1. The van der Waals surface area contributed by atoms with Gasteiger partial charge in [0.1, 0.15) is 0 Å². The largest absolute Gasteiger partial charge is 0.337 e. The van der Waals surface area contributed by atoms with E-state index < -0.39 is 0 Å². The van der Waals surface area contributed by atoms with Gasteiger partial charge in [-0.2, -0.15) is 5.10 Å². The van der Waals surface area contributed by atoms with E-state index in [2.05, 4.69) is 69.4 Å². The minimum absolute atomic E-state index is 0.105. The highest BCUT2D eigenvalue weighted by Crippen LogP contribution is 2.42. The fourth-order valence-corrected chi connectivity index (χ4v) is 5.35. The van der Waals surface area contributed by atoms with Crippen LogP contribution < -0.4 is 0 Å². The topological polar surface area (TPSA) is 38.1 Å². The summed E-state index contributed by atoms with van der Waals surface area (Å²) in [6, 6.07) is 24.0. The number of hydrogen-bond donors (Lipinski definition) is 0. The zero-order valence-electron chi connectivity index (χ0n) is 16.6. The van der Waals surface area contributed by atoms with Crippen molar-refractivity contribution in [3.8, 4) is 0 Å². The molecule has 29 heavy (non-hydrogen) atoms. The van der Waals surface area contributed by atoms with E-state index in [0.717, 1.165) is 25.7 Å². The van der Waals surface area contributed by atoms with E-state index in [1.54, 1.807) is 0 Å². The Bertz CT molecular complexity index is 885. The summed E-state index contributed by atoms with van der Waals surface area (Å²) in [5, 5.41) is 4.45. The lowest BCUT2D eigenvalue weighted by Crippen LogP contribution is -2.47. The minimum atomic E-state index is 0.105. The Morgan fingerprint density at radius 3 is 1.97 bits per heavy atom. The Labute approximate surface area is 172 Å². The van der Waals surface area contributed by atoms with E-state index in [-0.39, 0.29) is 5.92 Å². The first-order chi connectivity index (χ1) is 14.3. The summed E-state index contributed by atoms with van der Waals surface area (Å²) >= 11 is 0. The van der Waals surface area contributed by atoms with Crippen molar-refractivity contribution in [2.45, 2.75) is 56.1 Å². The molecule has 0 radical (unpaired) electrons. The molecule has 0 N–H and O–H groups in total. The highest BCUT2D eigenvalue weighted by molar-refractivity contribution is 5.79. The van der Waals surface area contributed by atoms with Gasteiger partial charge in [0.15, 0.2) is 0 Å². The smallest absolute Gasteiger partial charge is 0.224 e. The molecule has 2 aliphatic rings. The van der Waals surface area contributed by atoms with Crippen molar-refractivity contribution in [2.24, 2.45) is 0 Å². The van der Waals surface area contributed by atoms with Crippen molar-refractivity contribution >= 4 is 5.91 Å². The van der Waals surface area contributed by atoms with Gasteiger partial charge >= 0.3 is 0 Å². The van der Waals surface area contributed by atoms with E-state index in [0.29, 0.717) is 30.5 Å². The number of fused-ring (bicyclic) bond motifs is 2. The maximum absolute atomic E-state index is 13.5. The summed E-state index contributed by atoms with van der Waals surface area (Å²) in [7, 11) is 0. The fraction of sp³-hybridized carbons (Fsp3) is 0.360. The molecule has 0 aliphatic carbocycles. The van der Waals surface area contributed by atoms with Crippen molar-refractivity contribution in [2.75, 3.05) is 0 Å². The van der Waals surface area contributed by atoms with Gasteiger partial charge in [-0.1, -0.05) is 60.7 Å². The van der Waals surface area contributed by atoms with Crippen LogP contribution in [-0.2, 0) is 4.79 Å². The molecule has 2 bridgehead atoms.